The summed E-state index contributed by atoms with van der Waals surface area (Å²) in [6.45, 7) is 0.391. The molecule has 5 nitrogen and oxygen atoms in total. The van der Waals surface area contributed by atoms with E-state index in [0.29, 0.717) is 11.8 Å². The lowest BCUT2D eigenvalue weighted by Crippen LogP contribution is -2.47. The number of hydrogen-bond donors (Lipinski definition) is 3. The van der Waals surface area contributed by atoms with Crippen molar-refractivity contribution in [2.75, 3.05) is 6.26 Å². The fourth-order valence-electron chi connectivity index (χ4n) is 2.71. The summed E-state index contributed by atoms with van der Waals surface area (Å²) < 4.78 is 0. The second-order valence-corrected chi connectivity index (χ2v) is 6.57. The Labute approximate surface area is 134 Å². The number of carboxylic acid groups (broad SMARTS) is 1. The Hall–Kier alpha value is -1.69. The van der Waals surface area contributed by atoms with E-state index in [1.165, 1.54) is 12.8 Å². The molecule has 0 unspecified atom stereocenters. The first-order chi connectivity index (χ1) is 10.6. The molecular formula is C16H22N2O3S. The van der Waals surface area contributed by atoms with Crippen LogP contribution in [0.4, 0.5) is 4.79 Å². The number of nitrogens with one attached hydrogen (secondary N) is 2. The summed E-state index contributed by atoms with van der Waals surface area (Å²) in [4.78, 5) is 22.8. The van der Waals surface area contributed by atoms with E-state index in [0.717, 1.165) is 18.4 Å². The van der Waals surface area contributed by atoms with Crippen LogP contribution in [0.25, 0.3) is 0 Å². The molecule has 0 bridgehead atoms. The van der Waals surface area contributed by atoms with Gasteiger partial charge in [0.2, 0.25) is 0 Å². The van der Waals surface area contributed by atoms with Gasteiger partial charge in [0, 0.05) is 17.8 Å². The van der Waals surface area contributed by atoms with Crippen LogP contribution in [-0.4, -0.2) is 34.7 Å². The first-order valence-electron chi connectivity index (χ1n) is 7.49. The fourth-order valence-corrected chi connectivity index (χ4v) is 3.65. The van der Waals surface area contributed by atoms with E-state index in [1.54, 1.807) is 24.3 Å². The molecule has 0 heterocycles. The minimum Gasteiger partial charge on any atom is -0.478 e. The average Bonchev–Trinajstić information content (AvgIpc) is 2.54. The Morgan fingerprint density at radius 1 is 1.23 bits per heavy atom. The molecule has 1 fully saturated rings. The van der Waals surface area contributed by atoms with Crippen LogP contribution in [0.5, 0.6) is 0 Å². The van der Waals surface area contributed by atoms with Crippen molar-refractivity contribution in [3.8, 4) is 0 Å². The SMILES string of the molecule is CS[C@H]1CCCC[C@@H]1NC(=O)NCc1ccc(C(=O)O)cc1. The maximum atomic E-state index is 12.0. The molecule has 3 N–H and O–H groups in total. The van der Waals surface area contributed by atoms with Gasteiger partial charge >= 0.3 is 12.0 Å². The third kappa shape index (κ3) is 4.66. The topological polar surface area (TPSA) is 78.4 Å². The summed E-state index contributed by atoms with van der Waals surface area (Å²) in [6.07, 6.45) is 6.68. The summed E-state index contributed by atoms with van der Waals surface area (Å²) in [7, 11) is 0. The highest BCUT2D eigenvalue weighted by molar-refractivity contribution is 7.99. The zero-order chi connectivity index (χ0) is 15.9. The van der Waals surface area contributed by atoms with Crippen molar-refractivity contribution in [1.82, 2.24) is 10.6 Å². The maximum absolute atomic E-state index is 12.0. The van der Waals surface area contributed by atoms with Crippen LogP contribution >= 0.6 is 11.8 Å². The van der Waals surface area contributed by atoms with E-state index in [-0.39, 0.29) is 17.6 Å². The molecule has 0 spiro atoms. The number of carbonyl (C=O) groups excluding carboxylic acids is 1. The third-order valence-corrected chi connectivity index (χ3v) is 5.15. The van der Waals surface area contributed by atoms with Gasteiger partial charge in [-0.25, -0.2) is 9.59 Å². The van der Waals surface area contributed by atoms with Gasteiger partial charge in [-0.3, -0.25) is 0 Å². The molecule has 2 atom stereocenters. The summed E-state index contributed by atoms with van der Waals surface area (Å²) in [6, 6.07) is 6.60. The molecule has 1 aromatic carbocycles. The molecule has 22 heavy (non-hydrogen) atoms. The summed E-state index contributed by atoms with van der Waals surface area (Å²) in [5.74, 6) is -0.947. The van der Waals surface area contributed by atoms with E-state index in [4.69, 9.17) is 5.11 Å². The molecule has 2 rings (SSSR count). The van der Waals surface area contributed by atoms with Gasteiger partial charge < -0.3 is 15.7 Å². The molecule has 2 amide bonds. The Bertz CT molecular complexity index is 519. The lowest BCUT2D eigenvalue weighted by Gasteiger charge is -2.30. The monoisotopic (exact) mass is 322 g/mol. The molecule has 1 aliphatic rings. The van der Waals surface area contributed by atoms with Crippen LogP contribution in [0, 0.1) is 0 Å². The Morgan fingerprint density at radius 3 is 2.55 bits per heavy atom. The van der Waals surface area contributed by atoms with Gasteiger partial charge in [0.15, 0.2) is 0 Å². The van der Waals surface area contributed by atoms with Gasteiger partial charge in [-0.15, -0.1) is 0 Å². The van der Waals surface area contributed by atoms with Crippen molar-refractivity contribution in [3.05, 3.63) is 35.4 Å². The Balaban J connectivity index is 1.80. The lowest BCUT2D eigenvalue weighted by atomic mass is 9.95. The number of carboxylic acids is 1. The molecule has 6 heteroatoms. The van der Waals surface area contributed by atoms with E-state index < -0.39 is 5.97 Å². The number of rotatable bonds is 5. The summed E-state index contributed by atoms with van der Waals surface area (Å²) in [5, 5.41) is 15.2. The minimum atomic E-state index is -0.947. The Morgan fingerprint density at radius 2 is 1.91 bits per heavy atom. The van der Waals surface area contributed by atoms with E-state index in [9.17, 15) is 9.59 Å². The zero-order valence-electron chi connectivity index (χ0n) is 12.7. The highest BCUT2D eigenvalue weighted by Crippen LogP contribution is 2.26. The van der Waals surface area contributed by atoms with E-state index in [2.05, 4.69) is 16.9 Å². The van der Waals surface area contributed by atoms with Gasteiger partial charge in [0.05, 0.1) is 5.56 Å². The Kier molecular flexibility index (Phi) is 6.12. The maximum Gasteiger partial charge on any atom is 0.335 e. The van der Waals surface area contributed by atoms with Crippen molar-refractivity contribution >= 4 is 23.8 Å². The third-order valence-electron chi connectivity index (χ3n) is 3.98. The van der Waals surface area contributed by atoms with Gasteiger partial charge in [0.1, 0.15) is 0 Å². The molecule has 1 aliphatic carbocycles. The van der Waals surface area contributed by atoms with Crippen LogP contribution < -0.4 is 10.6 Å². The summed E-state index contributed by atoms with van der Waals surface area (Å²) >= 11 is 1.82. The van der Waals surface area contributed by atoms with Crippen LogP contribution in [0.2, 0.25) is 0 Å². The van der Waals surface area contributed by atoms with E-state index in [1.807, 2.05) is 11.8 Å². The normalized spacial score (nSPS) is 21.1. The summed E-state index contributed by atoms with van der Waals surface area (Å²) in [5.41, 5.74) is 1.13. The van der Waals surface area contributed by atoms with Crippen molar-refractivity contribution in [1.29, 1.82) is 0 Å². The van der Waals surface area contributed by atoms with Crippen molar-refractivity contribution in [2.45, 2.75) is 43.5 Å². The standard InChI is InChI=1S/C16H22N2O3S/c1-22-14-5-3-2-4-13(14)18-16(21)17-10-11-6-8-12(9-7-11)15(19)20/h6-9,13-14H,2-5,10H2,1H3,(H,19,20)(H2,17,18,21)/t13-,14-/m0/s1. The quantitative estimate of drug-likeness (QED) is 0.779. The fraction of sp³-hybridized carbons (Fsp3) is 0.500. The number of thioether (sulfide) groups is 1. The van der Waals surface area contributed by atoms with Gasteiger partial charge in [-0.1, -0.05) is 25.0 Å². The number of benzene rings is 1. The van der Waals surface area contributed by atoms with Crippen LogP contribution in [0.15, 0.2) is 24.3 Å². The highest BCUT2D eigenvalue weighted by Gasteiger charge is 2.25. The van der Waals surface area contributed by atoms with Crippen molar-refractivity contribution < 1.29 is 14.7 Å². The number of hydrogen-bond acceptors (Lipinski definition) is 3. The van der Waals surface area contributed by atoms with Gasteiger partial charge in [0.25, 0.3) is 0 Å². The largest absolute Gasteiger partial charge is 0.478 e. The number of carbonyl (C=O) groups is 2. The minimum absolute atomic E-state index is 0.159. The zero-order valence-corrected chi connectivity index (χ0v) is 13.5. The second-order valence-electron chi connectivity index (χ2n) is 5.49. The van der Waals surface area contributed by atoms with E-state index >= 15 is 0 Å². The lowest BCUT2D eigenvalue weighted by molar-refractivity contribution is 0.0697. The second kappa shape index (κ2) is 8.08. The molecule has 1 aromatic rings. The highest BCUT2D eigenvalue weighted by atomic mass is 32.2. The van der Waals surface area contributed by atoms with Crippen LogP contribution in [0.1, 0.15) is 41.6 Å². The molecule has 0 radical (unpaired) electrons. The smallest absolute Gasteiger partial charge is 0.335 e. The molecule has 0 saturated heterocycles. The van der Waals surface area contributed by atoms with Gasteiger partial charge in [-0.05, 0) is 36.8 Å². The van der Waals surface area contributed by atoms with Crippen LogP contribution in [-0.2, 0) is 6.54 Å². The number of urea groups is 1. The van der Waals surface area contributed by atoms with Crippen LogP contribution in [0.3, 0.4) is 0 Å². The first-order valence-corrected chi connectivity index (χ1v) is 8.78. The predicted molar refractivity (Wildman–Crippen MR) is 88.3 cm³/mol. The number of amides is 2. The molecular weight excluding hydrogens is 300 g/mol. The first kappa shape index (κ1) is 16.7. The molecule has 0 aromatic heterocycles. The van der Waals surface area contributed by atoms with Gasteiger partial charge in [-0.2, -0.15) is 11.8 Å². The average molecular weight is 322 g/mol. The predicted octanol–water partition coefficient (Wildman–Crippen LogP) is 2.86. The molecule has 120 valence electrons. The van der Waals surface area contributed by atoms with Crippen molar-refractivity contribution in [2.24, 2.45) is 0 Å². The molecule has 0 aliphatic heterocycles. The molecule has 1 saturated carbocycles. The van der Waals surface area contributed by atoms with Crippen molar-refractivity contribution in [3.63, 3.8) is 0 Å². The number of aromatic carboxylic acids is 1.